The van der Waals surface area contributed by atoms with Crippen molar-refractivity contribution in [1.82, 2.24) is 4.72 Å². The number of nitrogen functional groups attached to an aromatic ring is 1. The third kappa shape index (κ3) is 3.75. The van der Waals surface area contributed by atoms with Crippen LogP contribution in [-0.4, -0.2) is 15.0 Å². The maximum atomic E-state index is 12.3. The second-order valence-corrected chi connectivity index (χ2v) is 7.77. The lowest BCUT2D eigenvalue weighted by atomic mass is 9.95. The van der Waals surface area contributed by atoms with Crippen molar-refractivity contribution in [3.63, 3.8) is 0 Å². The highest BCUT2D eigenvalue weighted by molar-refractivity contribution is 9.10. The van der Waals surface area contributed by atoms with Crippen molar-refractivity contribution >= 4 is 43.2 Å². The summed E-state index contributed by atoms with van der Waals surface area (Å²) in [6.07, 6.45) is 7.12. The number of sulfonamides is 1. The molecule has 7 heteroatoms. The third-order valence-corrected chi connectivity index (χ3v) is 6.07. The van der Waals surface area contributed by atoms with Crippen molar-refractivity contribution in [2.75, 3.05) is 12.3 Å². The molecule has 20 heavy (non-hydrogen) atoms. The fourth-order valence-corrected chi connectivity index (χ4v) is 4.53. The molecule has 1 atom stereocenters. The van der Waals surface area contributed by atoms with E-state index in [4.69, 9.17) is 17.3 Å². The minimum Gasteiger partial charge on any atom is -0.398 e. The molecule has 0 fully saturated rings. The van der Waals surface area contributed by atoms with Crippen molar-refractivity contribution in [1.29, 1.82) is 0 Å². The van der Waals surface area contributed by atoms with Gasteiger partial charge in [0.1, 0.15) is 0 Å². The van der Waals surface area contributed by atoms with Gasteiger partial charge in [0.05, 0.1) is 9.37 Å². The van der Waals surface area contributed by atoms with E-state index < -0.39 is 10.0 Å². The van der Waals surface area contributed by atoms with Gasteiger partial charge in [-0.05, 0) is 53.2 Å². The van der Waals surface area contributed by atoms with Crippen LogP contribution in [0.5, 0.6) is 0 Å². The molecule has 1 unspecified atom stereocenters. The normalized spacial score (nSPS) is 19.2. The topological polar surface area (TPSA) is 72.2 Å². The zero-order valence-corrected chi connectivity index (χ0v) is 13.9. The molecule has 1 aromatic carbocycles. The first-order valence-electron chi connectivity index (χ1n) is 6.29. The summed E-state index contributed by atoms with van der Waals surface area (Å²) in [5.41, 5.74) is 6.03. The highest BCUT2D eigenvalue weighted by atomic mass is 79.9. The third-order valence-electron chi connectivity index (χ3n) is 3.26. The number of nitrogens with two attached hydrogens (primary N) is 1. The number of halogens is 2. The second kappa shape index (κ2) is 6.47. The second-order valence-electron chi connectivity index (χ2n) is 4.81. The summed E-state index contributed by atoms with van der Waals surface area (Å²) in [5, 5.41) is 0.298. The van der Waals surface area contributed by atoms with Crippen LogP contribution in [0.15, 0.2) is 33.7 Å². The minimum absolute atomic E-state index is 0.0776. The van der Waals surface area contributed by atoms with Crippen molar-refractivity contribution in [2.45, 2.75) is 24.2 Å². The molecule has 4 nitrogen and oxygen atoms in total. The Labute approximate surface area is 132 Å². The molecular formula is C13H16BrClN2O2S. The Kier molecular flexibility index (Phi) is 5.12. The first kappa shape index (κ1) is 15.8. The molecule has 0 bridgehead atoms. The smallest absolute Gasteiger partial charge is 0.241 e. The Hall–Kier alpha value is -0.560. The van der Waals surface area contributed by atoms with Crippen LogP contribution < -0.4 is 10.5 Å². The first-order valence-corrected chi connectivity index (χ1v) is 8.95. The van der Waals surface area contributed by atoms with Crippen LogP contribution in [0.1, 0.15) is 19.3 Å². The summed E-state index contributed by atoms with van der Waals surface area (Å²) in [6.45, 7) is 0.422. The standard InChI is InChI=1S/C13H16BrClN2O2S/c14-13-11(16)6-10(15)7-12(13)20(18,19)17-8-9-4-2-1-3-5-9/h1-2,6-7,9,17H,3-5,8,16H2. The van der Waals surface area contributed by atoms with Crippen LogP contribution in [0.4, 0.5) is 5.69 Å². The first-order chi connectivity index (χ1) is 9.40. The van der Waals surface area contributed by atoms with Gasteiger partial charge in [0.25, 0.3) is 0 Å². The molecule has 110 valence electrons. The van der Waals surface area contributed by atoms with E-state index in [9.17, 15) is 8.42 Å². The average Bonchev–Trinajstić information content (AvgIpc) is 2.42. The van der Waals surface area contributed by atoms with Gasteiger partial charge in [0.15, 0.2) is 0 Å². The monoisotopic (exact) mass is 378 g/mol. The summed E-state index contributed by atoms with van der Waals surface area (Å²) in [5.74, 6) is 0.338. The zero-order valence-electron chi connectivity index (χ0n) is 10.8. The molecular weight excluding hydrogens is 364 g/mol. The van der Waals surface area contributed by atoms with Gasteiger partial charge in [-0.2, -0.15) is 0 Å². The molecule has 0 aliphatic heterocycles. The Bertz CT molecular complexity index is 632. The van der Waals surface area contributed by atoms with Crippen LogP contribution in [0.2, 0.25) is 5.02 Å². The number of hydrogen-bond donors (Lipinski definition) is 2. The molecule has 0 saturated carbocycles. The van der Waals surface area contributed by atoms with Crippen molar-refractivity contribution in [3.05, 3.63) is 33.8 Å². The molecule has 0 amide bonds. The van der Waals surface area contributed by atoms with Crippen LogP contribution >= 0.6 is 27.5 Å². The lowest BCUT2D eigenvalue weighted by Crippen LogP contribution is -2.30. The number of rotatable bonds is 4. The lowest BCUT2D eigenvalue weighted by molar-refractivity contribution is 0.468. The Morgan fingerprint density at radius 3 is 2.80 bits per heavy atom. The van der Waals surface area contributed by atoms with Crippen molar-refractivity contribution < 1.29 is 8.42 Å². The van der Waals surface area contributed by atoms with Crippen LogP contribution in [0, 0.1) is 5.92 Å². The fraction of sp³-hybridized carbons (Fsp3) is 0.385. The quantitative estimate of drug-likeness (QED) is 0.622. The highest BCUT2D eigenvalue weighted by Gasteiger charge is 2.21. The summed E-state index contributed by atoms with van der Waals surface area (Å²) in [4.78, 5) is 0.0776. The van der Waals surface area contributed by atoms with E-state index in [-0.39, 0.29) is 4.90 Å². The Morgan fingerprint density at radius 2 is 2.15 bits per heavy atom. The molecule has 1 aliphatic rings. The van der Waals surface area contributed by atoms with E-state index in [2.05, 4.69) is 32.8 Å². The van der Waals surface area contributed by atoms with Gasteiger partial charge in [-0.1, -0.05) is 23.8 Å². The van der Waals surface area contributed by atoms with Crippen molar-refractivity contribution in [2.24, 2.45) is 5.92 Å². The van der Waals surface area contributed by atoms with Gasteiger partial charge >= 0.3 is 0 Å². The Morgan fingerprint density at radius 1 is 1.40 bits per heavy atom. The molecule has 3 N–H and O–H groups in total. The minimum atomic E-state index is -3.62. The van der Waals surface area contributed by atoms with E-state index >= 15 is 0 Å². The Balaban J connectivity index is 2.16. The van der Waals surface area contributed by atoms with Crippen LogP contribution in [-0.2, 0) is 10.0 Å². The number of hydrogen-bond acceptors (Lipinski definition) is 3. The number of nitrogens with one attached hydrogen (secondary N) is 1. The maximum Gasteiger partial charge on any atom is 0.241 e. The highest BCUT2D eigenvalue weighted by Crippen LogP contribution is 2.31. The number of anilines is 1. The molecule has 2 rings (SSSR count). The van der Waals surface area contributed by atoms with Gasteiger partial charge in [-0.25, -0.2) is 13.1 Å². The van der Waals surface area contributed by atoms with Crippen LogP contribution in [0.25, 0.3) is 0 Å². The van der Waals surface area contributed by atoms with Crippen molar-refractivity contribution in [3.8, 4) is 0 Å². The molecule has 1 aliphatic carbocycles. The fourth-order valence-electron chi connectivity index (χ4n) is 2.13. The number of benzene rings is 1. The molecule has 0 radical (unpaired) electrons. The predicted octanol–water partition coefficient (Wildman–Crippen LogP) is 3.32. The summed E-state index contributed by atoms with van der Waals surface area (Å²) in [7, 11) is -3.62. The predicted molar refractivity (Wildman–Crippen MR) is 85.2 cm³/mol. The van der Waals surface area contributed by atoms with E-state index in [1.807, 2.05) is 0 Å². The summed E-state index contributed by atoms with van der Waals surface area (Å²) >= 11 is 9.08. The van der Waals surface area contributed by atoms with Gasteiger partial charge in [0.2, 0.25) is 10.0 Å². The van der Waals surface area contributed by atoms with E-state index in [0.29, 0.717) is 27.6 Å². The van der Waals surface area contributed by atoms with Gasteiger partial charge in [0, 0.05) is 17.3 Å². The van der Waals surface area contributed by atoms with E-state index in [0.717, 1.165) is 19.3 Å². The SMILES string of the molecule is Nc1cc(Cl)cc(S(=O)(=O)NCC2CC=CCC2)c1Br. The molecule has 0 aromatic heterocycles. The van der Waals surface area contributed by atoms with Crippen LogP contribution in [0.3, 0.4) is 0 Å². The molecule has 0 spiro atoms. The maximum absolute atomic E-state index is 12.3. The summed E-state index contributed by atoms with van der Waals surface area (Å²) in [6, 6.07) is 2.90. The molecule has 0 heterocycles. The van der Waals surface area contributed by atoms with E-state index in [1.54, 1.807) is 0 Å². The molecule has 1 aromatic rings. The van der Waals surface area contributed by atoms with Gasteiger partial charge in [-0.3, -0.25) is 0 Å². The largest absolute Gasteiger partial charge is 0.398 e. The summed E-state index contributed by atoms with van der Waals surface area (Å²) < 4.78 is 27.6. The van der Waals surface area contributed by atoms with Gasteiger partial charge < -0.3 is 5.73 Å². The van der Waals surface area contributed by atoms with E-state index in [1.165, 1.54) is 12.1 Å². The number of allylic oxidation sites excluding steroid dienone is 2. The average molecular weight is 380 g/mol. The lowest BCUT2D eigenvalue weighted by Gasteiger charge is -2.18. The van der Waals surface area contributed by atoms with Gasteiger partial charge in [-0.15, -0.1) is 0 Å². The molecule has 0 saturated heterocycles. The zero-order chi connectivity index (χ0) is 14.8.